The van der Waals surface area contributed by atoms with Crippen molar-refractivity contribution in [2.45, 2.75) is 6.92 Å². The molecule has 1 rings (SSSR count). The molecule has 0 aromatic rings. The van der Waals surface area contributed by atoms with Crippen LogP contribution in [0.5, 0.6) is 0 Å². The minimum Gasteiger partial charge on any atom is -0.466 e. The topological polar surface area (TPSA) is 90.9 Å². The molecule has 0 radical (unpaired) electrons. The maximum absolute atomic E-state index is 12.2. The third-order valence-electron chi connectivity index (χ3n) is 2.75. The Hall–Kier alpha value is -1.96. The van der Waals surface area contributed by atoms with Crippen LogP contribution in [-0.2, 0) is 28.6 Å². The highest BCUT2D eigenvalue weighted by molar-refractivity contribution is 7.99. The molecule has 0 aromatic carbocycles. The molecule has 0 unspecified atom stereocenters. The monoisotopic (exact) mass is 329 g/mol. The standard InChI is InChI=1S/C14H19NO6S/c1-4-21-14(18)12(10-8-22-6-5-15-10)9(13(17)20-3)7-11(16)19-2/h7,15H,4-6,8H2,1-3H3/b9-7+,12-10-. The van der Waals surface area contributed by atoms with E-state index in [1.54, 1.807) is 18.7 Å². The smallest absolute Gasteiger partial charge is 0.340 e. The molecule has 8 heteroatoms. The number of thioether (sulfide) groups is 1. The molecular formula is C14H19NO6S. The Morgan fingerprint density at radius 2 is 1.95 bits per heavy atom. The molecule has 0 aliphatic carbocycles. The van der Waals surface area contributed by atoms with Gasteiger partial charge in [0.1, 0.15) is 0 Å². The Kier molecular flexibility index (Phi) is 7.51. The van der Waals surface area contributed by atoms with Gasteiger partial charge in [-0.2, -0.15) is 11.8 Å². The second kappa shape index (κ2) is 9.14. The number of carbonyl (C=O) groups is 3. The Morgan fingerprint density at radius 1 is 1.23 bits per heavy atom. The second-order valence-electron chi connectivity index (χ2n) is 4.13. The summed E-state index contributed by atoms with van der Waals surface area (Å²) in [6, 6.07) is 0. The van der Waals surface area contributed by atoms with Gasteiger partial charge in [-0.15, -0.1) is 0 Å². The average Bonchev–Trinajstić information content (AvgIpc) is 2.54. The Labute approximate surface area is 133 Å². The Morgan fingerprint density at radius 3 is 2.45 bits per heavy atom. The maximum atomic E-state index is 12.2. The van der Waals surface area contributed by atoms with E-state index in [4.69, 9.17) is 4.74 Å². The van der Waals surface area contributed by atoms with E-state index in [0.717, 1.165) is 11.8 Å². The SMILES string of the molecule is CCOC(=O)C(=C1/CSCCN1)/C(=C\C(=O)OC)C(=O)OC. The van der Waals surface area contributed by atoms with Gasteiger partial charge >= 0.3 is 17.9 Å². The van der Waals surface area contributed by atoms with E-state index in [1.165, 1.54) is 14.2 Å². The first-order chi connectivity index (χ1) is 10.5. The molecule has 0 spiro atoms. The van der Waals surface area contributed by atoms with E-state index in [-0.39, 0.29) is 17.8 Å². The lowest BCUT2D eigenvalue weighted by Crippen LogP contribution is -2.30. The van der Waals surface area contributed by atoms with E-state index < -0.39 is 17.9 Å². The third-order valence-corrected chi connectivity index (χ3v) is 3.74. The fourth-order valence-corrected chi connectivity index (χ4v) is 2.62. The molecule has 1 heterocycles. The summed E-state index contributed by atoms with van der Waals surface area (Å²) >= 11 is 1.60. The van der Waals surface area contributed by atoms with Crippen LogP contribution < -0.4 is 5.32 Å². The van der Waals surface area contributed by atoms with Gasteiger partial charge in [0.05, 0.1) is 32.0 Å². The number of nitrogens with one attached hydrogen (secondary N) is 1. The highest BCUT2D eigenvalue weighted by Crippen LogP contribution is 2.22. The average molecular weight is 329 g/mol. The first-order valence-corrected chi connectivity index (χ1v) is 7.80. The summed E-state index contributed by atoms with van der Waals surface area (Å²) in [5.74, 6) is -0.866. The highest BCUT2D eigenvalue weighted by Gasteiger charge is 2.28. The summed E-state index contributed by atoms with van der Waals surface area (Å²) < 4.78 is 14.2. The van der Waals surface area contributed by atoms with Crippen molar-refractivity contribution in [3.63, 3.8) is 0 Å². The summed E-state index contributed by atoms with van der Waals surface area (Å²) in [4.78, 5) is 35.7. The number of hydrogen-bond donors (Lipinski definition) is 1. The van der Waals surface area contributed by atoms with Gasteiger partial charge in [0.25, 0.3) is 0 Å². The molecule has 0 atom stereocenters. The van der Waals surface area contributed by atoms with Gasteiger partial charge in [0.15, 0.2) is 0 Å². The molecule has 0 amide bonds. The lowest BCUT2D eigenvalue weighted by Gasteiger charge is -2.21. The molecule has 1 aliphatic heterocycles. The number of methoxy groups -OCH3 is 2. The zero-order chi connectivity index (χ0) is 16.5. The molecule has 1 saturated heterocycles. The van der Waals surface area contributed by atoms with Crippen molar-refractivity contribution in [3.05, 3.63) is 22.9 Å². The Bertz CT molecular complexity index is 503. The van der Waals surface area contributed by atoms with Crippen molar-refractivity contribution < 1.29 is 28.6 Å². The second-order valence-corrected chi connectivity index (χ2v) is 5.23. The molecule has 7 nitrogen and oxygen atoms in total. The van der Waals surface area contributed by atoms with E-state index in [1.807, 2.05) is 0 Å². The van der Waals surface area contributed by atoms with E-state index in [2.05, 4.69) is 14.8 Å². The molecule has 1 fully saturated rings. The minimum absolute atomic E-state index is 0.00583. The first-order valence-electron chi connectivity index (χ1n) is 6.65. The number of carbonyl (C=O) groups excluding carboxylic acids is 3. The molecule has 0 saturated carbocycles. The number of hydrogen-bond acceptors (Lipinski definition) is 8. The van der Waals surface area contributed by atoms with Crippen LogP contribution in [0.2, 0.25) is 0 Å². The largest absolute Gasteiger partial charge is 0.466 e. The molecular weight excluding hydrogens is 310 g/mol. The van der Waals surface area contributed by atoms with Crippen molar-refractivity contribution in [1.29, 1.82) is 0 Å². The first kappa shape index (κ1) is 18.1. The van der Waals surface area contributed by atoms with Crippen LogP contribution in [-0.4, -0.2) is 56.8 Å². The lowest BCUT2D eigenvalue weighted by atomic mass is 10.0. The summed E-state index contributed by atoms with van der Waals surface area (Å²) in [5.41, 5.74) is 0.361. The molecule has 0 aromatic heterocycles. The van der Waals surface area contributed by atoms with Crippen LogP contribution >= 0.6 is 11.8 Å². The van der Waals surface area contributed by atoms with Crippen LogP contribution in [0.1, 0.15) is 6.92 Å². The van der Waals surface area contributed by atoms with Crippen molar-refractivity contribution in [2.75, 3.05) is 38.9 Å². The van der Waals surface area contributed by atoms with Crippen molar-refractivity contribution >= 4 is 29.7 Å². The van der Waals surface area contributed by atoms with Gasteiger partial charge in [-0.3, -0.25) is 0 Å². The van der Waals surface area contributed by atoms with Crippen LogP contribution in [0, 0.1) is 0 Å². The number of rotatable bonds is 5. The number of ether oxygens (including phenoxy) is 3. The van der Waals surface area contributed by atoms with Crippen molar-refractivity contribution in [1.82, 2.24) is 5.32 Å². The molecule has 22 heavy (non-hydrogen) atoms. The number of esters is 3. The Balaban J connectivity index is 3.36. The fourth-order valence-electron chi connectivity index (χ4n) is 1.78. The van der Waals surface area contributed by atoms with Gasteiger partial charge < -0.3 is 19.5 Å². The van der Waals surface area contributed by atoms with Crippen molar-refractivity contribution in [3.8, 4) is 0 Å². The van der Waals surface area contributed by atoms with E-state index >= 15 is 0 Å². The fraction of sp³-hybridized carbons (Fsp3) is 0.500. The lowest BCUT2D eigenvalue weighted by molar-refractivity contribution is -0.141. The predicted octanol–water partition coefficient (Wildman–Crippen LogP) is 0.412. The quantitative estimate of drug-likeness (QED) is 0.441. The molecule has 1 N–H and O–H groups in total. The molecule has 1 aliphatic rings. The van der Waals surface area contributed by atoms with E-state index in [9.17, 15) is 14.4 Å². The summed E-state index contributed by atoms with van der Waals surface area (Å²) in [6.45, 7) is 2.45. The van der Waals surface area contributed by atoms with Crippen LogP contribution in [0.15, 0.2) is 22.9 Å². The summed E-state index contributed by atoms with van der Waals surface area (Å²) in [6.07, 6.45) is 0.937. The predicted molar refractivity (Wildman–Crippen MR) is 81.1 cm³/mol. The normalized spacial score (nSPS) is 17.1. The van der Waals surface area contributed by atoms with Crippen LogP contribution in [0.25, 0.3) is 0 Å². The summed E-state index contributed by atoms with van der Waals surface area (Å²) in [5, 5.41) is 3.07. The van der Waals surface area contributed by atoms with Gasteiger partial charge in [0.2, 0.25) is 0 Å². The van der Waals surface area contributed by atoms with Gasteiger partial charge in [0, 0.05) is 29.8 Å². The zero-order valence-corrected chi connectivity index (χ0v) is 13.6. The highest BCUT2D eigenvalue weighted by atomic mass is 32.2. The summed E-state index contributed by atoms with van der Waals surface area (Å²) in [7, 11) is 2.35. The van der Waals surface area contributed by atoms with E-state index in [0.29, 0.717) is 18.0 Å². The zero-order valence-electron chi connectivity index (χ0n) is 12.8. The van der Waals surface area contributed by atoms with Crippen molar-refractivity contribution in [2.24, 2.45) is 0 Å². The maximum Gasteiger partial charge on any atom is 0.340 e. The van der Waals surface area contributed by atoms with Gasteiger partial charge in [-0.1, -0.05) is 0 Å². The molecule has 0 bridgehead atoms. The van der Waals surface area contributed by atoms with Crippen LogP contribution in [0.3, 0.4) is 0 Å². The van der Waals surface area contributed by atoms with Gasteiger partial charge in [-0.25, -0.2) is 14.4 Å². The third kappa shape index (κ3) is 4.80. The minimum atomic E-state index is -0.807. The van der Waals surface area contributed by atoms with Crippen LogP contribution in [0.4, 0.5) is 0 Å². The van der Waals surface area contributed by atoms with Gasteiger partial charge in [-0.05, 0) is 6.92 Å². The molecule has 122 valence electrons.